The van der Waals surface area contributed by atoms with Crippen molar-refractivity contribution in [3.63, 3.8) is 0 Å². The minimum atomic E-state index is -0.501. The van der Waals surface area contributed by atoms with Crippen LogP contribution in [0.15, 0.2) is 42.5 Å². The molecule has 0 atom stereocenters. The molecule has 0 bridgehead atoms. The third-order valence-corrected chi connectivity index (χ3v) is 6.58. The third kappa shape index (κ3) is 3.40. The Morgan fingerprint density at radius 2 is 1.97 bits per heavy atom. The monoisotopic (exact) mass is 415 g/mol. The zero-order chi connectivity index (χ0) is 21.6. The molecule has 2 heterocycles. The second-order valence-electron chi connectivity index (χ2n) is 9.13. The predicted octanol–water partition coefficient (Wildman–Crippen LogP) is 5.15. The van der Waals surface area contributed by atoms with Crippen LogP contribution in [0.5, 0.6) is 11.5 Å². The molecule has 1 fully saturated rings. The quantitative estimate of drug-likeness (QED) is 0.583. The Hall–Kier alpha value is -3.46. The maximum atomic E-state index is 13.2. The van der Waals surface area contributed by atoms with E-state index in [4.69, 9.17) is 14.7 Å². The largest absolute Gasteiger partial charge is 0.454 e. The van der Waals surface area contributed by atoms with E-state index in [2.05, 4.69) is 36.3 Å². The highest BCUT2D eigenvalue weighted by atomic mass is 16.7. The van der Waals surface area contributed by atoms with Gasteiger partial charge in [0.2, 0.25) is 12.7 Å². The van der Waals surface area contributed by atoms with Crippen LogP contribution in [-0.2, 0) is 15.6 Å². The number of hydrogen-bond acceptors (Lipinski definition) is 4. The Balaban J connectivity index is 1.37. The third-order valence-electron chi connectivity index (χ3n) is 6.58. The van der Waals surface area contributed by atoms with Crippen LogP contribution < -0.4 is 14.8 Å². The molecule has 0 spiro atoms. The fourth-order valence-corrected chi connectivity index (χ4v) is 4.29. The second kappa shape index (κ2) is 7.05. The van der Waals surface area contributed by atoms with E-state index in [1.54, 1.807) is 0 Å². The summed E-state index contributed by atoms with van der Waals surface area (Å²) in [7, 11) is 0. The van der Waals surface area contributed by atoms with Gasteiger partial charge in [0.05, 0.1) is 11.5 Å². The molecule has 1 aliphatic heterocycles. The lowest BCUT2D eigenvalue weighted by Gasteiger charge is -2.21. The molecule has 5 rings (SSSR count). The minimum absolute atomic E-state index is 0.0100. The Bertz CT molecular complexity index is 1210. The Labute approximate surface area is 181 Å². The number of benzene rings is 2. The van der Waals surface area contributed by atoms with E-state index in [1.165, 1.54) is 0 Å². The molecule has 1 aromatic heterocycles. The normalized spacial score (nSPS) is 16.2. The molecule has 31 heavy (non-hydrogen) atoms. The van der Waals surface area contributed by atoms with Gasteiger partial charge in [-0.1, -0.05) is 19.9 Å². The second-order valence-corrected chi connectivity index (χ2v) is 9.13. The van der Waals surface area contributed by atoms with Crippen LogP contribution in [0, 0.1) is 11.3 Å². The zero-order valence-electron chi connectivity index (χ0n) is 17.7. The van der Waals surface area contributed by atoms with Gasteiger partial charge in [-0.25, -0.2) is 0 Å². The van der Waals surface area contributed by atoms with E-state index < -0.39 is 5.41 Å². The van der Waals surface area contributed by atoms with Crippen LogP contribution in [0.1, 0.15) is 50.8 Å². The summed E-state index contributed by atoms with van der Waals surface area (Å²) in [6.07, 6.45) is 2.95. The first-order valence-electron chi connectivity index (χ1n) is 10.6. The highest BCUT2D eigenvalue weighted by Gasteiger charge is 2.51. The van der Waals surface area contributed by atoms with Crippen molar-refractivity contribution in [2.24, 2.45) is 0 Å². The average Bonchev–Trinajstić information content (AvgIpc) is 3.24. The van der Waals surface area contributed by atoms with Crippen LogP contribution in [0.25, 0.3) is 10.9 Å². The van der Waals surface area contributed by atoms with E-state index in [0.717, 1.165) is 52.9 Å². The Kier molecular flexibility index (Phi) is 4.44. The summed E-state index contributed by atoms with van der Waals surface area (Å²) in [5.74, 6) is 1.44. The molecule has 0 radical (unpaired) electrons. The number of fused-ring (bicyclic) bond motifs is 2. The van der Waals surface area contributed by atoms with Gasteiger partial charge in [-0.05, 0) is 61.2 Å². The summed E-state index contributed by atoms with van der Waals surface area (Å²) in [6.45, 7) is 4.50. The van der Waals surface area contributed by atoms with Gasteiger partial charge in [0, 0.05) is 34.1 Å². The molecular weight excluding hydrogens is 390 g/mol. The van der Waals surface area contributed by atoms with Gasteiger partial charge in [-0.15, -0.1) is 0 Å². The molecule has 2 aliphatic rings. The van der Waals surface area contributed by atoms with Crippen molar-refractivity contribution in [1.29, 1.82) is 5.26 Å². The summed E-state index contributed by atoms with van der Waals surface area (Å²) in [6, 6.07) is 16.0. The van der Waals surface area contributed by atoms with E-state index >= 15 is 0 Å². The van der Waals surface area contributed by atoms with Gasteiger partial charge in [0.15, 0.2) is 11.5 Å². The van der Waals surface area contributed by atoms with Crippen molar-refractivity contribution in [1.82, 2.24) is 4.98 Å². The number of nitriles is 1. The first-order chi connectivity index (χ1) is 14.9. The van der Waals surface area contributed by atoms with Gasteiger partial charge in [-0.3, -0.25) is 4.79 Å². The molecule has 1 amide bonds. The summed E-state index contributed by atoms with van der Waals surface area (Å²) in [5, 5.41) is 13.1. The molecule has 158 valence electrons. The number of hydrogen-bond donors (Lipinski definition) is 2. The molecule has 6 heteroatoms. The maximum Gasteiger partial charge on any atom is 0.235 e. The van der Waals surface area contributed by atoms with Crippen LogP contribution >= 0.6 is 0 Å². The molecule has 0 unspecified atom stereocenters. The van der Waals surface area contributed by atoms with Crippen LogP contribution in [-0.4, -0.2) is 17.7 Å². The molecule has 2 aromatic carbocycles. The number of aromatic nitrogens is 1. The topological polar surface area (TPSA) is 87.1 Å². The standard InChI is InChI=1S/C25H25N3O3/c1-24(2,8-3-11-26)22-13-16-12-18(5-6-19(16)28-22)27-23(29)25(9-10-25)17-4-7-20-21(14-17)31-15-30-20/h4-7,12-14,28H,3,8-10,15H2,1-2H3,(H,27,29). The number of ether oxygens (including phenoxy) is 2. The number of nitrogens with one attached hydrogen (secondary N) is 2. The smallest absolute Gasteiger partial charge is 0.235 e. The van der Waals surface area contributed by atoms with Gasteiger partial charge in [-0.2, -0.15) is 5.26 Å². The number of carbonyl (C=O) groups is 1. The van der Waals surface area contributed by atoms with Crippen molar-refractivity contribution in [3.8, 4) is 17.6 Å². The van der Waals surface area contributed by atoms with Crippen molar-refractivity contribution in [3.05, 3.63) is 53.7 Å². The lowest BCUT2D eigenvalue weighted by Crippen LogP contribution is -2.27. The van der Waals surface area contributed by atoms with Crippen molar-refractivity contribution in [2.75, 3.05) is 12.1 Å². The highest BCUT2D eigenvalue weighted by molar-refractivity contribution is 6.02. The number of rotatable bonds is 6. The molecule has 1 saturated carbocycles. The summed E-state index contributed by atoms with van der Waals surface area (Å²) >= 11 is 0. The van der Waals surface area contributed by atoms with Crippen molar-refractivity contribution < 1.29 is 14.3 Å². The fourth-order valence-electron chi connectivity index (χ4n) is 4.29. The summed E-state index contributed by atoms with van der Waals surface area (Å²) < 4.78 is 10.9. The highest BCUT2D eigenvalue weighted by Crippen LogP contribution is 2.51. The Morgan fingerprint density at radius 1 is 1.16 bits per heavy atom. The van der Waals surface area contributed by atoms with Gasteiger partial charge >= 0.3 is 0 Å². The van der Waals surface area contributed by atoms with Gasteiger partial charge in [0.1, 0.15) is 0 Å². The number of H-pyrrole nitrogens is 1. The van der Waals surface area contributed by atoms with Gasteiger partial charge < -0.3 is 19.8 Å². The first kappa shape index (κ1) is 19.5. The number of aromatic amines is 1. The van der Waals surface area contributed by atoms with Crippen LogP contribution in [0.2, 0.25) is 0 Å². The number of nitrogens with zero attached hydrogens (tertiary/aromatic N) is 1. The number of carbonyl (C=O) groups excluding carboxylic acids is 1. The molecule has 2 N–H and O–H groups in total. The van der Waals surface area contributed by atoms with E-state index in [-0.39, 0.29) is 18.1 Å². The predicted molar refractivity (Wildman–Crippen MR) is 118 cm³/mol. The zero-order valence-corrected chi connectivity index (χ0v) is 17.7. The molecule has 1 aliphatic carbocycles. The fraction of sp³-hybridized carbons (Fsp3) is 0.360. The SMILES string of the molecule is CC(C)(CCC#N)c1cc2cc(NC(=O)C3(c4ccc5c(c4)OCO5)CC3)ccc2[nH]1. The average molecular weight is 415 g/mol. The van der Waals surface area contributed by atoms with Crippen LogP contribution in [0.4, 0.5) is 5.69 Å². The van der Waals surface area contributed by atoms with E-state index in [0.29, 0.717) is 12.2 Å². The van der Waals surface area contributed by atoms with Crippen molar-refractivity contribution in [2.45, 2.75) is 50.4 Å². The van der Waals surface area contributed by atoms with E-state index in [9.17, 15) is 4.79 Å². The Morgan fingerprint density at radius 3 is 2.74 bits per heavy atom. The van der Waals surface area contributed by atoms with Crippen molar-refractivity contribution >= 4 is 22.5 Å². The molecular formula is C25H25N3O3. The van der Waals surface area contributed by atoms with Crippen LogP contribution in [0.3, 0.4) is 0 Å². The number of anilines is 1. The van der Waals surface area contributed by atoms with E-state index in [1.807, 2.05) is 36.4 Å². The lowest BCUT2D eigenvalue weighted by molar-refractivity contribution is -0.118. The molecule has 6 nitrogen and oxygen atoms in total. The first-order valence-corrected chi connectivity index (χ1v) is 10.6. The maximum absolute atomic E-state index is 13.2. The summed E-state index contributed by atoms with van der Waals surface area (Å²) in [5.41, 5.74) is 3.26. The van der Waals surface area contributed by atoms with Gasteiger partial charge in [0.25, 0.3) is 0 Å². The minimum Gasteiger partial charge on any atom is -0.454 e. The summed E-state index contributed by atoms with van der Waals surface area (Å²) in [4.78, 5) is 16.7. The lowest BCUT2D eigenvalue weighted by atomic mass is 9.84. The molecule has 3 aromatic rings. The molecule has 0 saturated heterocycles. The number of amides is 1.